The van der Waals surface area contributed by atoms with Gasteiger partial charge in [0.1, 0.15) is 6.04 Å². The summed E-state index contributed by atoms with van der Waals surface area (Å²) in [7, 11) is 0. The van der Waals surface area contributed by atoms with E-state index in [0.717, 1.165) is 12.8 Å². The lowest BCUT2D eigenvalue weighted by Gasteiger charge is -2.29. The summed E-state index contributed by atoms with van der Waals surface area (Å²) in [6.07, 6.45) is 1.70. The molecule has 0 radical (unpaired) electrons. The smallest absolute Gasteiger partial charge is 0.312 e. The van der Waals surface area contributed by atoms with Crippen LogP contribution in [-0.4, -0.2) is 47.2 Å². The van der Waals surface area contributed by atoms with E-state index in [9.17, 15) is 14.7 Å². The highest BCUT2D eigenvalue weighted by Crippen LogP contribution is 2.19. The molecule has 0 aromatic carbocycles. The van der Waals surface area contributed by atoms with Gasteiger partial charge in [-0.2, -0.15) is 0 Å². The molecule has 0 bridgehead atoms. The third-order valence-corrected chi connectivity index (χ3v) is 3.10. The minimum absolute atomic E-state index is 0.0325. The number of nitrogens with two attached hydrogens (primary N) is 1. The molecule has 1 aliphatic heterocycles. The maximum atomic E-state index is 12.2. The summed E-state index contributed by atoms with van der Waals surface area (Å²) >= 11 is 0. The second-order valence-corrected chi connectivity index (χ2v) is 4.74. The van der Waals surface area contributed by atoms with Crippen molar-refractivity contribution in [2.24, 2.45) is 11.7 Å². The van der Waals surface area contributed by atoms with Crippen molar-refractivity contribution in [3.8, 4) is 0 Å². The van der Waals surface area contributed by atoms with Gasteiger partial charge in [0.2, 0.25) is 5.91 Å². The fourth-order valence-corrected chi connectivity index (χ4v) is 2.16. The van der Waals surface area contributed by atoms with E-state index < -0.39 is 12.1 Å². The molecule has 6 nitrogen and oxygen atoms in total. The highest BCUT2D eigenvalue weighted by Gasteiger charge is 2.34. The predicted octanol–water partition coefficient (Wildman–Crippen LogP) is -0.337. The first-order valence-electron chi connectivity index (χ1n) is 5.94. The van der Waals surface area contributed by atoms with Gasteiger partial charge in [0, 0.05) is 6.54 Å². The molecule has 1 fully saturated rings. The first kappa shape index (κ1) is 13.8. The van der Waals surface area contributed by atoms with Crippen molar-refractivity contribution in [1.29, 1.82) is 0 Å². The van der Waals surface area contributed by atoms with Crippen molar-refractivity contribution < 1.29 is 14.7 Å². The Kier molecular flexibility index (Phi) is 4.74. The van der Waals surface area contributed by atoms with Crippen LogP contribution < -0.4 is 11.1 Å². The zero-order valence-corrected chi connectivity index (χ0v) is 10.3. The van der Waals surface area contributed by atoms with Crippen LogP contribution in [-0.2, 0) is 4.79 Å². The third kappa shape index (κ3) is 3.33. The molecule has 0 spiro atoms. The Morgan fingerprint density at radius 3 is 2.65 bits per heavy atom. The highest BCUT2D eigenvalue weighted by atomic mass is 16.3. The van der Waals surface area contributed by atoms with E-state index in [1.165, 1.54) is 0 Å². The van der Waals surface area contributed by atoms with Crippen molar-refractivity contribution in [3.05, 3.63) is 0 Å². The van der Waals surface area contributed by atoms with E-state index in [1.807, 2.05) is 13.8 Å². The molecule has 1 aliphatic rings. The lowest BCUT2D eigenvalue weighted by atomic mass is 10.0. The molecule has 0 aliphatic carbocycles. The fraction of sp³-hybridized carbons (Fsp3) is 0.818. The minimum Gasteiger partial charge on any atom is -0.394 e. The zero-order chi connectivity index (χ0) is 13.0. The van der Waals surface area contributed by atoms with Gasteiger partial charge >= 0.3 is 6.03 Å². The van der Waals surface area contributed by atoms with Crippen LogP contribution in [0.4, 0.5) is 4.79 Å². The van der Waals surface area contributed by atoms with Crippen LogP contribution in [0.3, 0.4) is 0 Å². The van der Waals surface area contributed by atoms with E-state index in [1.54, 1.807) is 4.90 Å². The summed E-state index contributed by atoms with van der Waals surface area (Å²) in [5.74, 6) is -0.190. The summed E-state index contributed by atoms with van der Waals surface area (Å²) in [5.41, 5.74) is 5.06. The first-order chi connectivity index (χ1) is 7.97. The first-order valence-corrected chi connectivity index (χ1v) is 5.94. The molecule has 3 amide bonds. The molecule has 98 valence electrons. The molecule has 4 N–H and O–H groups in total. The number of nitrogens with one attached hydrogen (secondary N) is 1. The lowest BCUT2D eigenvalue weighted by molar-refractivity contribution is -0.135. The van der Waals surface area contributed by atoms with Crippen LogP contribution in [0.5, 0.6) is 0 Å². The van der Waals surface area contributed by atoms with Crippen molar-refractivity contribution >= 4 is 11.9 Å². The van der Waals surface area contributed by atoms with E-state index in [2.05, 4.69) is 5.32 Å². The summed E-state index contributed by atoms with van der Waals surface area (Å²) < 4.78 is 0. The van der Waals surface area contributed by atoms with E-state index in [0.29, 0.717) is 6.54 Å². The van der Waals surface area contributed by atoms with Gasteiger partial charge in [-0.05, 0) is 18.8 Å². The van der Waals surface area contributed by atoms with Gasteiger partial charge in [-0.3, -0.25) is 4.79 Å². The predicted molar refractivity (Wildman–Crippen MR) is 63.2 cm³/mol. The number of amides is 3. The van der Waals surface area contributed by atoms with Crippen molar-refractivity contribution in [2.75, 3.05) is 13.2 Å². The lowest BCUT2D eigenvalue weighted by Crippen LogP contribution is -2.54. The monoisotopic (exact) mass is 243 g/mol. The number of carbonyl (C=O) groups excluding carboxylic acids is 2. The number of primary amides is 1. The largest absolute Gasteiger partial charge is 0.394 e. The van der Waals surface area contributed by atoms with Gasteiger partial charge in [0.25, 0.3) is 0 Å². The Morgan fingerprint density at radius 2 is 2.18 bits per heavy atom. The Bertz CT molecular complexity index is 294. The zero-order valence-electron chi connectivity index (χ0n) is 10.3. The second kappa shape index (κ2) is 5.86. The standard InChI is InChI=1S/C11H21N3O3/c1-7(2)9(13-11(12)17)10(16)14-5-3-4-8(14)6-15/h7-9,15H,3-6H2,1-2H3,(H3,12,13,17). The molecule has 2 atom stereocenters. The minimum atomic E-state index is -0.697. The number of hydrogen-bond acceptors (Lipinski definition) is 3. The summed E-state index contributed by atoms with van der Waals surface area (Å²) in [6.45, 7) is 4.30. The average Bonchev–Trinajstić information content (AvgIpc) is 2.72. The SMILES string of the molecule is CC(C)C(NC(N)=O)C(=O)N1CCCC1CO. The molecule has 0 aromatic rings. The number of aliphatic hydroxyl groups excluding tert-OH is 1. The maximum Gasteiger partial charge on any atom is 0.312 e. The molecule has 2 unspecified atom stereocenters. The molecule has 17 heavy (non-hydrogen) atoms. The van der Waals surface area contributed by atoms with E-state index >= 15 is 0 Å². The number of aliphatic hydroxyl groups is 1. The molecule has 6 heteroatoms. The maximum absolute atomic E-state index is 12.2. The fourth-order valence-electron chi connectivity index (χ4n) is 2.16. The Labute approximate surface area is 101 Å². The molecular weight excluding hydrogens is 222 g/mol. The van der Waals surface area contributed by atoms with Gasteiger partial charge < -0.3 is 21.1 Å². The van der Waals surface area contributed by atoms with Crippen LogP contribution >= 0.6 is 0 Å². The number of carbonyl (C=O) groups is 2. The van der Waals surface area contributed by atoms with Crippen molar-refractivity contribution in [3.63, 3.8) is 0 Å². The molecule has 1 heterocycles. The van der Waals surface area contributed by atoms with Gasteiger partial charge in [-0.15, -0.1) is 0 Å². The van der Waals surface area contributed by atoms with Gasteiger partial charge in [0.15, 0.2) is 0 Å². The molecule has 1 saturated heterocycles. The average molecular weight is 243 g/mol. The second-order valence-electron chi connectivity index (χ2n) is 4.74. The van der Waals surface area contributed by atoms with Crippen LogP contribution in [0.1, 0.15) is 26.7 Å². The summed E-state index contributed by atoms with van der Waals surface area (Å²) in [6, 6.07) is -1.44. The van der Waals surface area contributed by atoms with Crippen molar-refractivity contribution in [2.45, 2.75) is 38.8 Å². The summed E-state index contributed by atoms with van der Waals surface area (Å²) in [4.78, 5) is 24.8. The van der Waals surface area contributed by atoms with Crippen LogP contribution in [0.15, 0.2) is 0 Å². The van der Waals surface area contributed by atoms with E-state index in [-0.39, 0.29) is 24.5 Å². The normalized spacial score (nSPS) is 21.6. The Hall–Kier alpha value is -1.30. The highest BCUT2D eigenvalue weighted by molar-refractivity contribution is 5.87. The Balaban J connectivity index is 2.73. The van der Waals surface area contributed by atoms with E-state index in [4.69, 9.17) is 5.73 Å². The van der Waals surface area contributed by atoms with Crippen LogP contribution in [0.2, 0.25) is 0 Å². The number of likely N-dealkylation sites (tertiary alicyclic amines) is 1. The van der Waals surface area contributed by atoms with Gasteiger partial charge in [-0.25, -0.2) is 4.79 Å². The molecule has 1 rings (SSSR count). The Morgan fingerprint density at radius 1 is 1.53 bits per heavy atom. The number of hydrogen-bond donors (Lipinski definition) is 3. The number of nitrogens with zero attached hydrogens (tertiary/aromatic N) is 1. The van der Waals surface area contributed by atoms with Gasteiger partial charge in [0.05, 0.1) is 12.6 Å². The molecule has 0 aromatic heterocycles. The van der Waals surface area contributed by atoms with Crippen molar-refractivity contribution in [1.82, 2.24) is 10.2 Å². The number of rotatable bonds is 4. The summed E-state index contributed by atoms with van der Waals surface area (Å²) in [5, 5.41) is 11.6. The van der Waals surface area contributed by atoms with Crippen LogP contribution in [0, 0.1) is 5.92 Å². The topological polar surface area (TPSA) is 95.7 Å². The molecular formula is C11H21N3O3. The van der Waals surface area contributed by atoms with Gasteiger partial charge in [-0.1, -0.05) is 13.8 Å². The number of urea groups is 1. The third-order valence-electron chi connectivity index (χ3n) is 3.10. The van der Waals surface area contributed by atoms with Crippen LogP contribution in [0.25, 0.3) is 0 Å². The molecule has 0 saturated carbocycles. The quantitative estimate of drug-likeness (QED) is 0.630.